The number of nitrogens with two attached hydrogens (primary N) is 1. The van der Waals surface area contributed by atoms with Crippen molar-refractivity contribution in [1.82, 2.24) is 15.3 Å². The summed E-state index contributed by atoms with van der Waals surface area (Å²) < 4.78 is 16.9. The van der Waals surface area contributed by atoms with E-state index in [-0.39, 0.29) is 0 Å². The minimum Gasteiger partial charge on any atom is -0.492 e. The number of hydrogen-bond donors (Lipinski definition) is 2. The summed E-state index contributed by atoms with van der Waals surface area (Å²) in [7, 11) is 1.59. The summed E-state index contributed by atoms with van der Waals surface area (Å²) in [4.78, 5) is 19.7. The third-order valence-corrected chi connectivity index (χ3v) is 4.58. The molecule has 4 rings (SSSR count). The zero-order valence-electron chi connectivity index (χ0n) is 16.1. The average molecular weight is 394 g/mol. The van der Waals surface area contributed by atoms with Crippen LogP contribution in [0.4, 0.5) is 4.79 Å². The van der Waals surface area contributed by atoms with Gasteiger partial charge in [-0.3, -0.25) is 0 Å². The van der Waals surface area contributed by atoms with Crippen molar-refractivity contribution in [3.63, 3.8) is 0 Å². The lowest BCUT2D eigenvalue weighted by molar-refractivity contribution is 0.244. The number of nitrogens with zero attached hydrogens (tertiary/aromatic N) is 2. The molecule has 0 spiro atoms. The van der Waals surface area contributed by atoms with Crippen LogP contribution in [0.3, 0.4) is 0 Å². The van der Waals surface area contributed by atoms with Gasteiger partial charge in [-0.05, 0) is 43.2 Å². The largest absolute Gasteiger partial charge is 0.492 e. The first-order valence-corrected chi connectivity index (χ1v) is 9.41. The molecule has 0 aliphatic heterocycles. The van der Waals surface area contributed by atoms with Gasteiger partial charge in [0.05, 0.1) is 13.7 Å². The first-order valence-electron chi connectivity index (χ1n) is 9.41. The van der Waals surface area contributed by atoms with E-state index in [4.69, 9.17) is 24.6 Å². The summed E-state index contributed by atoms with van der Waals surface area (Å²) in [5.74, 6) is 3.11. The summed E-state index contributed by atoms with van der Waals surface area (Å²) in [5, 5.41) is 2.48. The third-order valence-electron chi connectivity index (χ3n) is 4.58. The van der Waals surface area contributed by atoms with Crippen molar-refractivity contribution in [2.24, 2.45) is 5.73 Å². The molecule has 0 radical (unpaired) electrons. The Balaban J connectivity index is 1.56. The van der Waals surface area contributed by atoms with Crippen molar-refractivity contribution in [2.75, 3.05) is 20.3 Å². The maximum atomic E-state index is 10.7. The van der Waals surface area contributed by atoms with Gasteiger partial charge in [0.15, 0.2) is 11.7 Å². The highest BCUT2D eigenvalue weighted by Crippen LogP contribution is 2.43. The molecule has 3 aromatic rings. The number of aromatic nitrogens is 2. The number of ether oxygens (including phenoxy) is 2. The fraction of sp³-hybridized carbons (Fsp3) is 0.286. The average Bonchev–Trinajstić information content (AvgIpc) is 3.50. The van der Waals surface area contributed by atoms with Crippen LogP contribution < -0.4 is 20.5 Å². The maximum absolute atomic E-state index is 10.7. The number of carbonyl (C=O) groups is 1. The number of urea groups is 1. The number of benzene rings is 1. The predicted molar refractivity (Wildman–Crippen MR) is 107 cm³/mol. The van der Waals surface area contributed by atoms with E-state index >= 15 is 0 Å². The van der Waals surface area contributed by atoms with Crippen molar-refractivity contribution in [3.05, 3.63) is 48.5 Å². The van der Waals surface area contributed by atoms with Crippen molar-refractivity contribution in [3.8, 4) is 34.2 Å². The molecule has 1 saturated carbocycles. The molecule has 2 heterocycles. The van der Waals surface area contributed by atoms with Crippen LogP contribution >= 0.6 is 0 Å². The van der Waals surface area contributed by atoms with Gasteiger partial charge in [0.25, 0.3) is 0 Å². The Bertz CT molecular complexity index is 979. The van der Waals surface area contributed by atoms with Crippen LogP contribution in [-0.4, -0.2) is 36.3 Å². The summed E-state index contributed by atoms with van der Waals surface area (Å²) >= 11 is 0. The number of primary amides is 1. The quantitative estimate of drug-likeness (QED) is 0.567. The van der Waals surface area contributed by atoms with Crippen LogP contribution in [0.1, 0.15) is 24.7 Å². The smallest absolute Gasteiger partial charge is 0.312 e. The van der Waals surface area contributed by atoms with E-state index in [0.717, 1.165) is 35.6 Å². The second-order valence-electron chi connectivity index (χ2n) is 6.76. The second kappa shape index (κ2) is 8.22. The van der Waals surface area contributed by atoms with Crippen LogP contribution in [0, 0.1) is 0 Å². The van der Waals surface area contributed by atoms with E-state index < -0.39 is 6.03 Å². The molecule has 29 heavy (non-hydrogen) atoms. The number of carbonyl (C=O) groups excluding carboxylic acids is 1. The normalized spacial score (nSPS) is 13.1. The number of oxazole rings is 1. The van der Waals surface area contributed by atoms with Crippen molar-refractivity contribution >= 4 is 6.03 Å². The Hall–Kier alpha value is -3.55. The number of pyridine rings is 1. The molecule has 1 aromatic carbocycles. The number of methoxy groups -OCH3 is 1. The Morgan fingerprint density at radius 1 is 1.21 bits per heavy atom. The molecule has 0 saturated heterocycles. The molecule has 2 amide bonds. The third kappa shape index (κ3) is 4.48. The molecule has 150 valence electrons. The maximum Gasteiger partial charge on any atom is 0.312 e. The number of hydrogen-bond acceptors (Lipinski definition) is 6. The van der Waals surface area contributed by atoms with Gasteiger partial charge in [0.2, 0.25) is 5.88 Å². The number of rotatable bonds is 8. The van der Waals surface area contributed by atoms with E-state index in [1.165, 1.54) is 0 Å². The number of amides is 2. The first-order chi connectivity index (χ1) is 14.1. The summed E-state index contributed by atoms with van der Waals surface area (Å²) in [6, 6.07) is 10.7. The molecule has 8 heteroatoms. The SMILES string of the molecule is COc1ccc(-c2nc(C3CC3)oc2-c2ccc(OCCNC(N)=O)cc2)cn1. The van der Waals surface area contributed by atoms with E-state index in [2.05, 4.69) is 10.3 Å². The molecular formula is C21H22N4O4. The highest BCUT2D eigenvalue weighted by molar-refractivity contribution is 5.77. The van der Waals surface area contributed by atoms with Crippen LogP contribution in [-0.2, 0) is 0 Å². The monoisotopic (exact) mass is 394 g/mol. The van der Waals surface area contributed by atoms with Gasteiger partial charge in [-0.2, -0.15) is 0 Å². The van der Waals surface area contributed by atoms with Crippen molar-refractivity contribution in [2.45, 2.75) is 18.8 Å². The van der Waals surface area contributed by atoms with Crippen LogP contribution in [0.2, 0.25) is 0 Å². The highest BCUT2D eigenvalue weighted by Gasteiger charge is 2.31. The molecule has 1 aliphatic carbocycles. The molecule has 3 N–H and O–H groups in total. The molecular weight excluding hydrogens is 372 g/mol. The lowest BCUT2D eigenvalue weighted by Crippen LogP contribution is -2.32. The molecule has 2 aromatic heterocycles. The van der Waals surface area contributed by atoms with E-state index in [1.807, 2.05) is 36.4 Å². The summed E-state index contributed by atoms with van der Waals surface area (Å²) in [5.41, 5.74) is 7.56. The minimum absolute atomic E-state index is 0.333. The Kier molecular flexibility index (Phi) is 5.33. The van der Waals surface area contributed by atoms with Gasteiger partial charge in [0, 0.05) is 29.3 Å². The van der Waals surface area contributed by atoms with Gasteiger partial charge < -0.3 is 24.9 Å². The van der Waals surface area contributed by atoms with E-state index in [9.17, 15) is 4.79 Å². The van der Waals surface area contributed by atoms with E-state index in [1.54, 1.807) is 13.3 Å². The lowest BCUT2D eigenvalue weighted by Gasteiger charge is -2.07. The van der Waals surface area contributed by atoms with Gasteiger partial charge >= 0.3 is 6.03 Å². The lowest BCUT2D eigenvalue weighted by atomic mass is 10.1. The fourth-order valence-electron chi connectivity index (χ4n) is 2.92. The van der Waals surface area contributed by atoms with E-state index in [0.29, 0.717) is 36.5 Å². The second-order valence-corrected chi connectivity index (χ2v) is 6.76. The summed E-state index contributed by atoms with van der Waals surface area (Å²) in [6.07, 6.45) is 3.94. The molecule has 8 nitrogen and oxygen atoms in total. The zero-order valence-corrected chi connectivity index (χ0v) is 16.1. The zero-order chi connectivity index (χ0) is 20.2. The predicted octanol–water partition coefficient (Wildman–Crippen LogP) is 3.34. The first kappa shape index (κ1) is 18.8. The topological polar surface area (TPSA) is 113 Å². The Labute approximate surface area is 168 Å². The minimum atomic E-state index is -0.568. The van der Waals surface area contributed by atoms with Gasteiger partial charge in [0.1, 0.15) is 18.1 Å². The van der Waals surface area contributed by atoms with Crippen LogP contribution in [0.5, 0.6) is 11.6 Å². The van der Waals surface area contributed by atoms with Crippen molar-refractivity contribution in [1.29, 1.82) is 0 Å². The van der Waals surface area contributed by atoms with Crippen LogP contribution in [0.25, 0.3) is 22.6 Å². The fourth-order valence-corrected chi connectivity index (χ4v) is 2.92. The van der Waals surface area contributed by atoms with Gasteiger partial charge in [-0.15, -0.1) is 0 Å². The molecule has 0 atom stereocenters. The number of nitrogens with one attached hydrogen (secondary N) is 1. The van der Waals surface area contributed by atoms with Crippen molar-refractivity contribution < 1.29 is 18.7 Å². The van der Waals surface area contributed by atoms with Crippen LogP contribution in [0.15, 0.2) is 47.0 Å². The van der Waals surface area contributed by atoms with Gasteiger partial charge in [-0.1, -0.05) is 0 Å². The molecule has 0 bridgehead atoms. The highest BCUT2D eigenvalue weighted by atomic mass is 16.5. The molecule has 1 fully saturated rings. The Morgan fingerprint density at radius 3 is 2.59 bits per heavy atom. The summed E-state index contributed by atoms with van der Waals surface area (Å²) in [6.45, 7) is 0.678. The standard InChI is InChI=1S/C21H22N4O4/c1-27-17-9-6-15(12-24-17)18-19(29-20(25-18)14-2-3-14)13-4-7-16(8-5-13)28-11-10-23-21(22)26/h4-9,12,14H,2-3,10-11H2,1H3,(H3,22,23,26). The Morgan fingerprint density at radius 2 is 1.97 bits per heavy atom. The molecule has 0 unspecified atom stereocenters. The van der Waals surface area contributed by atoms with Gasteiger partial charge in [-0.25, -0.2) is 14.8 Å². The molecule has 1 aliphatic rings.